The van der Waals surface area contributed by atoms with E-state index in [4.69, 9.17) is 5.11 Å². The zero-order valence-electron chi connectivity index (χ0n) is 11.0. The minimum absolute atomic E-state index is 0.188. The summed E-state index contributed by atoms with van der Waals surface area (Å²) in [5.74, 6) is -1.23. The van der Waals surface area contributed by atoms with Crippen molar-refractivity contribution < 1.29 is 14.7 Å². The minimum atomic E-state index is -1.05. The fourth-order valence-electron chi connectivity index (χ4n) is 1.56. The van der Waals surface area contributed by atoms with E-state index in [0.717, 1.165) is 10.0 Å². The summed E-state index contributed by atoms with van der Waals surface area (Å²) in [6.07, 6.45) is 0. The molecule has 19 heavy (non-hydrogen) atoms. The van der Waals surface area contributed by atoms with Crippen LogP contribution in [0.5, 0.6) is 0 Å². The van der Waals surface area contributed by atoms with Crippen LogP contribution in [0.15, 0.2) is 22.7 Å². The van der Waals surface area contributed by atoms with Crippen LogP contribution in [0.3, 0.4) is 0 Å². The Balaban J connectivity index is 2.75. The number of halogens is 1. The summed E-state index contributed by atoms with van der Waals surface area (Å²) in [5.41, 5.74) is 1.52. The van der Waals surface area contributed by atoms with Crippen LogP contribution in [0.1, 0.15) is 19.4 Å². The van der Waals surface area contributed by atoms with E-state index in [1.807, 2.05) is 13.0 Å². The van der Waals surface area contributed by atoms with Crippen molar-refractivity contribution in [2.75, 3.05) is 5.32 Å². The van der Waals surface area contributed by atoms with Crippen molar-refractivity contribution in [2.24, 2.45) is 5.92 Å². The number of urea groups is 1. The van der Waals surface area contributed by atoms with E-state index in [2.05, 4.69) is 26.6 Å². The molecule has 0 aliphatic carbocycles. The third kappa shape index (κ3) is 4.24. The predicted octanol–water partition coefficient (Wildman–Crippen LogP) is 2.99. The molecule has 1 atom stereocenters. The molecule has 0 unspecified atom stereocenters. The maximum absolute atomic E-state index is 11.8. The molecule has 0 aromatic heterocycles. The van der Waals surface area contributed by atoms with Crippen LogP contribution in [0.4, 0.5) is 10.5 Å². The number of rotatable bonds is 4. The van der Waals surface area contributed by atoms with Gasteiger partial charge >= 0.3 is 12.0 Å². The van der Waals surface area contributed by atoms with Gasteiger partial charge in [0.2, 0.25) is 0 Å². The number of hydrogen-bond acceptors (Lipinski definition) is 2. The topological polar surface area (TPSA) is 78.4 Å². The molecule has 0 heterocycles. The van der Waals surface area contributed by atoms with E-state index >= 15 is 0 Å². The summed E-state index contributed by atoms with van der Waals surface area (Å²) in [7, 11) is 0. The second kappa shape index (κ2) is 6.56. The molecule has 0 radical (unpaired) electrons. The molecular formula is C13H17BrN2O3. The van der Waals surface area contributed by atoms with Gasteiger partial charge in [-0.3, -0.25) is 0 Å². The molecule has 6 heteroatoms. The molecular weight excluding hydrogens is 312 g/mol. The molecule has 5 nitrogen and oxygen atoms in total. The first kappa shape index (κ1) is 15.5. The summed E-state index contributed by atoms with van der Waals surface area (Å²) in [4.78, 5) is 22.8. The predicted molar refractivity (Wildman–Crippen MR) is 77.3 cm³/mol. The standard InChI is InChI=1S/C13H17BrN2O3/c1-7(2)11(12(17)18)16-13(19)15-10-6-4-5-9(14)8(10)3/h4-7,11H,1-3H3,(H,17,18)(H2,15,16,19)/t11-/m1/s1. The Kier molecular flexibility index (Phi) is 5.35. The molecule has 0 aliphatic heterocycles. The number of benzene rings is 1. The Morgan fingerprint density at radius 2 is 1.95 bits per heavy atom. The lowest BCUT2D eigenvalue weighted by Gasteiger charge is -2.18. The van der Waals surface area contributed by atoms with Crippen LogP contribution in [-0.2, 0) is 4.79 Å². The van der Waals surface area contributed by atoms with E-state index in [9.17, 15) is 9.59 Å². The molecule has 104 valence electrons. The fourth-order valence-corrected chi connectivity index (χ4v) is 1.92. The lowest BCUT2D eigenvalue weighted by atomic mass is 10.1. The van der Waals surface area contributed by atoms with Gasteiger partial charge in [0.15, 0.2) is 0 Å². The highest BCUT2D eigenvalue weighted by Crippen LogP contribution is 2.23. The van der Waals surface area contributed by atoms with Crippen molar-refractivity contribution in [1.82, 2.24) is 5.32 Å². The summed E-state index contributed by atoms with van der Waals surface area (Å²) < 4.78 is 0.879. The highest BCUT2D eigenvalue weighted by atomic mass is 79.9. The Bertz CT molecular complexity index is 489. The molecule has 1 aromatic carbocycles. The zero-order valence-corrected chi connectivity index (χ0v) is 12.6. The molecule has 1 aromatic rings. The molecule has 0 saturated carbocycles. The number of amides is 2. The van der Waals surface area contributed by atoms with Crippen molar-refractivity contribution >= 4 is 33.6 Å². The van der Waals surface area contributed by atoms with Crippen molar-refractivity contribution in [3.63, 3.8) is 0 Å². The quantitative estimate of drug-likeness (QED) is 0.795. The third-order valence-corrected chi connectivity index (χ3v) is 3.59. The van der Waals surface area contributed by atoms with E-state index in [-0.39, 0.29) is 5.92 Å². The van der Waals surface area contributed by atoms with Crippen molar-refractivity contribution in [2.45, 2.75) is 26.8 Å². The maximum Gasteiger partial charge on any atom is 0.326 e. The maximum atomic E-state index is 11.8. The van der Waals surface area contributed by atoms with Crippen molar-refractivity contribution in [3.8, 4) is 0 Å². The number of hydrogen-bond donors (Lipinski definition) is 3. The normalized spacial score (nSPS) is 12.1. The van der Waals surface area contributed by atoms with Crippen molar-refractivity contribution in [1.29, 1.82) is 0 Å². The Labute approximate surface area is 120 Å². The fraction of sp³-hybridized carbons (Fsp3) is 0.385. The number of carboxylic acid groups (broad SMARTS) is 1. The van der Waals surface area contributed by atoms with Gasteiger partial charge in [0.1, 0.15) is 6.04 Å². The molecule has 3 N–H and O–H groups in total. The number of anilines is 1. The summed E-state index contributed by atoms with van der Waals surface area (Å²) in [6, 6.07) is 3.98. The van der Waals surface area contributed by atoms with Gasteiger partial charge in [0.25, 0.3) is 0 Å². The van der Waals surface area contributed by atoms with Gasteiger partial charge < -0.3 is 15.7 Å². The molecule has 0 spiro atoms. The van der Waals surface area contributed by atoms with Gasteiger partial charge in [-0.1, -0.05) is 35.8 Å². The molecule has 0 aliphatic rings. The number of carboxylic acids is 1. The molecule has 0 saturated heterocycles. The van der Waals surface area contributed by atoms with Gasteiger partial charge in [-0.2, -0.15) is 0 Å². The van der Waals surface area contributed by atoms with Crippen LogP contribution < -0.4 is 10.6 Å². The van der Waals surface area contributed by atoms with Gasteiger partial charge in [0.05, 0.1) is 0 Å². The summed E-state index contributed by atoms with van der Waals surface area (Å²) in [6.45, 7) is 5.34. The first-order chi connectivity index (χ1) is 8.82. The highest BCUT2D eigenvalue weighted by molar-refractivity contribution is 9.10. The minimum Gasteiger partial charge on any atom is -0.480 e. The van der Waals surface area contributed by atoms with E-state index in [1.165, 1.54) is 0 Å². The number of carbonyl (C=O) groups excluding carboxylic acids is 1. The van der Waals surface area contributed by atoms with Gasteiger partial charge in [-0.05, 0) is 30.5 Å². The SMILES string of the molecule is Cc1c(Br)cccc1NC(=O)N[C@@H](C(=O)O)C(C)C. The third-order valence-electron chi connectivity index (χ3n) is 2.74. The van der Waals surface area contributed by atoms with Crippen LogP contribution in [0, 0.1) is 12.8 Å². The van der Waals surface area contributed by atoms with Gasteiger partial charge in [0, 0.05) is 10.2 Å². The van der Waals surface area contributed by atoms with Crippen LogP contribution >= 0.6 is 15.9 Å². The van der Waals surface area contributed by atoms with Crippen LogP contribution in [0.2, 0.25) is 0 Å². The van der Waals surface area contributed by atoms with Crippen LogP contribution in [-0.4, -0.2) is 23.1 Å². The summed E-state index contributed by atoms with van der Waals surface area (Å²) in [5, 5.41) is 14.1. The number of nitrogens with one attached hydrogen (secondary N) is 2. The first-order valence-corrected chi connectivity index (χ1v) is 6.67. The second-order valence-corrected chi connectivity index (χ2v) is 5.43. The van der Waals surface area contributed by atoms with Gasteiger partial charge in [-0.15, -0.1) is 0 Å². The number of carbonyl (C=O) groups is 2. The van der Waals surface area contributed by atoms with Crippen LogP contribution in [0.25, 0.3) is 0 Å². The van der Waals surface area contributed by atoms with E-state index in [0.29, 0.717) is 5.69 Å². The smallest absolute Gasteiger partial charge is 0.326 e. The molecule has 2 amide bonds. The second-order valence-electron chi connectivity index (χ2n) is 4.57. The van der Waals surface area contributed by atoms with Gasteiger partial charge in [-0.25, -0.2) is 9.59 Å². The average Bonchev–Trinajstić information content (AvgIpc) is 2.31. The molecule has 1 rings (SSSR count). The Hall–Kier alpha value is -1.56. The lowest BCUT2D eigenvalue weighted by molar-refractivity contribution is -0.140. The number of aliphatic carboxylic acids is 1. The summed E-state index contributed by atoms with van der Waals surface area (Å²) >= 11 is 3.37. The lowest BCUT2D eigenvalue weighted by Crippen LogP contribution is -2.46. The monoisotopic (exact) mass is 328 g/mol. The molecule has 0 fully saturated rings. The average molecular weight is 329 g/mol. The molecule has 0 bridgehead atoms. The Morgan fingerprint density at radius 1 is 1.32 bits per heavy atom. The Morgan fingerprint density at radius 3 is 2.47 bits per heavy atom. The van der Waals surface area contributed by atoms with E-state index < -0.39 is 18.0 Å². The van der Waals surface area contributed by atoms with E-state index in [1.54, 1.807) is 26.0 Å². The van der Waals surface area contributed by atoms with Crippen molar-refractivity contribution in [3.05, 3.63) is 28.2 Å². The zero-order chi connectivity index (χ0) is 14.6. The highest BCUT2D eigenvalue weighted by Gasteiger charge is 2.23. The largest absolute Gasteiger partial charge is 0.480 e. The first-order valence-electron chi connectivity index (χ1n) is 5.88.